The predicted octanol–water partition coefficient (Wildman–Crippen LogP) is 3.54. The second-order valence-corrected chi connectivity index (χ2v) is 9.71. The summed E-state index contributed by atoms with van der Waals surface area (Å²) < 4.78 is 54.3. The molecular formula is C28H36F4N4O3. The molecule has 0 fully saturated rings. The Hall–Kier alpha value is -3.47. The molecule has 0 heterocycles. The van der Waals surface area contributed by atoms with Crippen molar-refractivity contribution >= 4 is 17.7 Å². The number of likely N-dealkylation sites (N-methyl/N-ethyl adjacent to an activating group) is 1. The Balaban J connectivity index is 2.27. The van der Waals surface area contributed by atoms with E-state index in [0.29, 0.717) is 24.0 Å². The molecule has 2 aromatic carbocycles. The van der Waals surface area contributed by atoms with Crippen molar-refractivity contribution in [2.24, 2.45) is 5.73 Å². The third kappa shape index (κ3) is 9.65. The van der Waals surface area contributed by atoms with Crippen LogP contribution in [0.4, 0.5) is 17.6 Å². The van der Waals surface area contributed by atoms with E-state index in [-0.39, 0.29) is 24.0 Å². The number of benzene rings is 2. The first-order chi connectivity index (χ1) is 18.1. The molecule has 0 aliphatic carbocycles. The van der Waals surface area contributed by atoms with E-state index in [0.717, 1.165) is 13.8 Å². The summed E-state index contributed by atoms with van der Waals surface area (Å²) >= 11 is 0. The Morgan fingerprint density at radius 2 is 1.13 bits per heavy atom. The third-order valence-electron chi connectivity index (χ3n) is 6.25. The molecule has 7 nitrogen and oxygen atoms in total. The second-order valence-electron chi connectivity index (χ2n) is 9.71. The van der Waals surface area contributed by atoms with Gasteiger partial charge in [-0.15, -0.1) is 0 Å². The summed E-state index contributed by atoms with van der Waals surface area (Å²) in [6.07, 6.45) is 0.970. The minimum absolute atomic E-state index is 0.00270. The van der Waals surface area contributed by atoms with E-state index in [9.17, 15) is 31.9 Å². The molecule has 0 saturated heterocycles. The van der Waals surface area contributed by atoms with Gasteiger partial charge in [-0.2, -0.15) is 0 Å². The minimum Gasteiger partial charge on any atom is -0.357 e. The fraction of sp³-hybridized carbons (Fsp3) is 0.464. The van der Waals surface area contributed by atoms with Crippen molar-refractivity contribution < 1.29 is 31.9 Å². The van der Waals surface area contributed by atoms with Crippen molar-refractivity contribution in [2.45, 2.75) is 76.4 Å². The number of alkyl halides is 4. The van der Waals surface area contributed by atoms with Gasteiger partial charge >= 0.3 is 0 Å². The van der Waals surface area contributed by atoms with E-state index in [2.05, 4.69) is 16.0 Å². The number of carbonyl (C=O) groups excluding carboxylic acids is 3. The van der Waals surface area contributed by atoms with Gasteiger partial charge in [0.1, 0.15) is 12.1 Å². The van der Waals surface area contributed by atoms with E-state index in [1.165, 1.54) is 55.6 Å². The summed E-state index contributed by atoms with van der Waals surface area (Å²) in [4.78, 5) is 38.6. The van der Waals surface area contributed by atoms with Crippen molar-refractivity contribution in [3.8, 4) is 0 Å². The van der Waals surface area contributed by atoms with Crippen LogP contribution in [0.3, 0.4) is 0 Å². The molecule has 2 rings (SSSR count). The van der Waals surface area contributed by atoms with Crippen molar-refractivity contribution in [3.05, 3.63) is 70.8 Å². The number of nitrogens with one attached hydrogen (secondary N) is 3. The summed E-state index contributed by atoms with van der Waals surface area (Å²) in [5.74, 6) is -7.86. The van der Waals surface area contributed by atoms with E-state index in [4.69, 9.17) is 5.73 Å². The summed E-state index contributed by atoms with van der Waals surface area (Å²) in [5.41, 5.74) is 6.54. The van der Waals surface area contributed by atoms with Gasteiger partial charge in [0.05, 0.1) is 6.04 Å². The van der Waals surface area contributed by atoms with Gasteiger partial charge in [0, 0.05) is 44.9 Å². The van der Waals surface area contributed by atoms with Crippen LogP contribution >= 0.6 is 0 Å². The Morgan fingerprint density at radius 1 is 0.744 bits per heavy atom. The lowest BCUT2D eigenvalue weighted by atomic mass is 9.99. The van der Waals surface area contributed by atoms with Gasteiger partial charge in [-0.25, -0.2) is 17.6 Å². The Morgan fingerprint density at radius 3 is 1.49 bits per heavy atom. The summed E-state index contributed by atoms with van der Waals surface area (Å²) in [6, 6.07) is 7.64. The molecule has 5 N–H and O–H groups in total. The van der Waals surface area contributed by atoms with Crippen LogP contribution in [-0.4, -0.2) is 42.9 Å². The van der Waals surface area contributed by atoms with Crippen LogP contribution in [-0.2, 0) is 39.1 Å². The minimum atomic E-state index is -3.04. The van der Waals surface area contributed by atoms with Gasteiger partial charge in [-0.3, -0.25) is 14.4 Å². The molecule has 0 spiro atoms. The Kier molecular flexibility index (Phi) is 11.0. The van der Waals surface area contributed by atoms with Gasteiger partial charge in [0.2, 0.25) is 17.7 Å². The number of amides is 3. The smallest absolute Gasteiger partial charge is 0.270 e. The van der Waals surface area contributed by atoms with Crippen LogP contribution in [0.15, 0.2) is 48.5 Å². The molecule has 0 unspecified atom stereocenters. The number of carbonyl (C=O) groups is 3. The standard InChI is InChI=1S/C28H36F4N4O3/c1-5-6-21(33)24(37)35-23(16-18-9-13-20(14-10-18)28(3,31)32)26(39)36-22(25(38)34-4)15-17-7-11-19(12-8-17)27(2,29)30/h7-14,21-23H,5-6,15-16,33H2,1-4H3,(H,34,38)(H,35,37)(H,36,39)/t21-,22-,23-/m0/s1. The third-order valence-corrected chi connectivity index (χ3v) is 6.25. The lowest BCUT2D eigenvalue weighted by molar-refractivity contribution is -0.132. The highest BCUT2D eigenvalue weighted by molar-refractivity contribution is 5.93. The Bertz CT molecular complexity index is 1110. The molecule has 39 heavy (non-hydrogen) atoms. The van der Waals surface area contributed by atoms with Crippen molar-refractivity contribution in [1.29, 1.82) is 0 Å². The quantitative estimate of drug-likeness (QED) is 0.285. The van der Waals surface area contributed by atoms with Crippen LogP contribution in [0.1, 0.15) is 55.9 Å². The molecule has 2 aromatic rings. The zero-order valence-corrected chi connectivity index (χ0v) is 22.5. The number of hydrogen-bond acceptors (Lipinski definition) is 4. The SMILES string of the molecule is CCC[C@H](N)C(=O)N[C@@H](Cc1ccc(C(C)(F)F)cc1)C(=O)N[C@@H](Cc1ccc(C(C)(F)F)cc1)C(=O)NC. The zero-order valence-electron chi connectivity index (χ0n) is 22.5. The number of rotatable bonds is 13. The van der Waals surface area contributed by atoms with Crippen molar-refractivity contribution in [1.82, 2.24) is 16.0 Å². The van der Waals surface area contributed by atoms with Gasteiger partial charge in [0.15, 0.2) is 0 Å². The molecule has 0 bridgehead atoms. The molecule has 3 amide bonds. The van der Waals surface area contributed by atoms with E-state index in [1.54, 1.807) is 0 Å². The van der Waals surface area contributed by atoms with Crippen LogP contribution in [0.25, 0.3) is 0 Å². The van der Waals surface area contributed by atoms with Gasteiger partial charge < -0.3 is 21.7 Å². The zero-order chi connectivity index (χ0) is 29.4. The maximum atomic E-state index is 13.6. The fourth-order valence-corrected chi connectivity index (χ4v) is 3.92. The lowest BCUT2D eigenvalue weighted by Crippen LogP contribution is -2.56. The lowest BCUT2D eigenvalue weighted by Gasteiger charge is -2.24. The topological polar surface area (TPSA) is 113 Å². The van der Waals surface area contributed by atoms with Crippen molar-refractivity contribution in [2.75, 3.05) is 7.05 Å². The highest BCUT2D eigenvalue weighted by atomic mass is 19.3. The average molecular weight is 553 g/mol. The number of nitrogens with two attached hydrogens (primary N) is 1. The number of hydrogen-bond donors (Lipinski definition) is 4. The van der Waals surface area contributed by atoms with Crippen LogP contribution in [0.5, 0.6) is 0 Å². The van der Waals surface area contributed by atoms with E-state index in [1.807, 2.05) is 6.92 Å². The van der Waals surface area contributed by atoms with Gasteiger partial charge in [-0.1, -0.05) is 61.9 Å². The normalized spacial score (nSPS) is 14.2. The molecular weight excluding hydrogens is 516 g/mol. The van der Waals surface area contributed by atoms with Crippen LogP contribution in [0.2, 0.25) is 0 Å². The Labute approximate surface area is 225 Å². The maximum absolute atomic E-state index is 13.6. The predicted molar refractivity (Wildman–Crippen MR) is 140 cm³/mol. The molecule has 0 saturated carbocycles. The summed E-state index contributed by atoms with van der Waals surface area (Å²) in [6.45, 7) is 3.40. The summed E-state index contributed by atoms with van der Waals surface area (Å²) in [5, 5.41) is 7.68. The molecule has 214 valence electrons. The largest absolute Gasteiger partial charge is 0.357 e. The monoisotopic (exact) mass is 552 g/mol. The first-order valence-electron chi connectivity index (χ1n) is 12.7. The molecule has 11 heteroatoms. The highest BCUT2D eigenvalue weighted by Gasteiger charge is 2.29. The van der Waals surface area contributed by atoms with Gasteiger partial charge in [-0.05, 0) is 17.5 Å². The first kappa shape index (κ1) is 31.7. The molecule has 0 radical (unpaired) electrons. The average Bonchev–Trinajstić information content (AvgIpc) is 2.87. The van der Waals surface area contributed by atoms with E-state index < -0.39 is 47.7 Å². The first-order valence-corrected chi connectivity index (χ1v) is 12.7. The van der Waals surface area contributed by atoms with E-state index >= 15 is 0 Å². The molecule has 0 aromatic heterocycles. The van der Waals surface area contributed by atoms with Crippen LogP contribution in [0, 0.1) is 0 Å². The fourth-order valence-electron chi connectivity index (χ4n) is 3.92. The van der Waals surface area contributed by atoms with Gasteiger partial charge in [0.25, 0.3) is 11.8 Å². The summed E-state index contributed by atoms with van der Waals surface area (Å²) in [7, 11) is 1.39. The highest BCUT2D eigenvalue weighted by Crippen LogP contribution is 2.28. The molecule has 3 atom stereocenters. The molecule has 0 aliphatic heterocycles. The maximum Gasteiger partial charge on any atom is 0.270 e. The van der Waals surface area contributed by atoms with Crippen molar-refractivity contribution in [3.63, 3.8) is 0 Å². The number of halogens is 4. The second kappa shape index (κ2) is 13.5. The van der Waals surface area contributed by atoms with Crippen LogP contribution < -0.4 is 21.7 Å². The molecule has 0 aliphatic rings.